The van der Waals surface area contributed by atoms with Gasteiger partial charge in [0.15, 0.2) is 0 Å². The molecule has 19 rings (SSSR count). The molecular weight excluding hydrogens is 1130 g/mol. The third-order valence-electron chi connectivity index (χ3n) is 19.6. The Morgan fingerprint density at radius 2 is 0.424 bits per heavy atom. The van der Waals surface area contributed by atoms with Gasteiger partial charge in [0, 0.05) is 36.6 Å². The van der Waals surface area contributed by atoms with Crippen LogP contribution in [0.5, 0.6) is 0 Å². The topological polar surface area (TPSA) is 4.93 Å². The van der Waals surface area contributed by atoms with Crippen LogP contribution < -0.4 is 0 Å². The summed E-state index contributed by atoms with van der Waals surface area (Å²) in [6.07, 6.45) is 0. The zero-order valence-electron chi connectivity index (χ0n) is 50.1. The average molecular weight is 1180 g/mol. The molecule has 0 unspecified atom stereocenters. The molecule has 2 aromatic heterocycles. The Kier molecular flexibility index (Phi) is 11.9. The number of aromatic nitrogens is 1. The first-order valence-corrected chi connectivity index (χ1v) is 32.6. The van der Waals surface area contributed by atoms with Crippen molar-refractivity contribution < 1.29 is 0 Å². The number of hydrogen-bond donors (Lipinski definition) is 0. The highest BCUT2D eigenvalue weighted by molar-refractivity contribution is 7.26. The van der Waals surface area contributed by atoms with E-state index in [4.69, 9.17) is 0 Å². The molecule has 0 bridgehead atoms. The van der Waals surface area contributed by atoms with Gasteiger partial charge in [-0.15, -0.1) is 11.3 Å². The number of thiophene rings is 1. The third kappa shape index (κ3) is 8.38. The first kappa shape index (κ1) is 52.3. The summed E-state index contributed by atoms with van der Waals surface area (Å²) in [6.45, 7) is 0. The Hall–Kier alpha value is -11.7. The summed E-state index contributed by atoms with van der Waals surface area (Å²) in [7, 11) is 0. The van der Waals surface area contributed by atoms with Crippen LogP contribution in [0, 0.1) is 0 Å². The minimum absolute atomic E-state index is 1.16. The standard InChI is InChI=1S/C90H55NS/c1-2-24-73-71(22-1)72-23-3-5-26-75(72)84-54-65(44-47-77(73)84)62-19-13-21-67(52-62)70-31-15-33-83-82-32-14-30-69(89(82)92-90(70)83)66-20-12-17-60(51-66)56-36-38-57(39-37-56)63-42-49-79-85(53-63)76-27-6-4-25-74(76)78-48-43-64(55-86(78)79)61-18-11-16-59(50-61)58-40-45-68(46-41-58)91-87-34-9-7-28-80(87)81-29-8-10-35-88(81)91/h1-55H. The summed E-state index contributed by atoms with van der Waals surface area (Å²) < 4.78 is 5.00. The van der Waals surface area contributed by atoms with Crippen LogP contribution in [0.1, 0.15) is 0 Å². The number of fused-ring (bicyclic) bond motifs is 18. The molecule has 17 aromatic carbocycles. The van der Waals surface area contributed by atoms with E-state index in [1.807, 2.05) is 11.3 Å². The Morgan fingerprint density at radius 1 is 0.163 bits per heavy atom. The maximum absolute atomic E-state index is 2.41. The highest BCUT2D eigenvalue weighted by atomic mass is 32.1. The van der Waals surface area contributed by atoms with Crippen molar-refractivity contribution in [2.75, 3.05) is 0 Å². The van der Waals surface area contributed by atoms with Gasteiger partial charge in [-0.25, -0.2) is 0 Å². The Bertz CT molecular complexity index is 6150. The van der Waals surface area contributed by atoms with E-state index >= 15 is 0 Å². The zero-order valence-corrected chi connectivity index (χ0v) is 50.9. The molecule has 19 aromatic rings. The van der Waals surface area contributed by atoms with Crippen molar-refractivity contribution in [3.8, 4) is 83.6 Å². The molecule has 0 saturated carbocycles. The molecule has 0 aliphatic heterocycles. The number of nitrogens with zero attached hydrogens (tertiary/aromatic N) is 1. The maximum atomic E-state index is 2.41. The van der Waals surface area contributed by atoms with E-state index < -0.39 is 0 Å². The fraction of sp³-hybridized carbons (Fsp3) is 0. The monoisotopic (exact) mass is 1180 g/mol. The molecule has 2 heteroatoms. The van der Waals surface area contributed by atoms with Crippen molar-refractivity contribution in [3.63, 3.8) is 0 Å². The van der Waals surface area contributed by atoms with Gasteiger partial charge in [0.1, 0.15) is 0 Å². The Labute approximate surface area is 536 Å². The largest absolute Gasteiger partial charge is 0.309 e. The van der Waals surface area contributed by atoms with Gasteiger partial charge in [0.2, 0.25) is 0 Å². The smallest absolute Gasteiger partial charge is 0.0541 e. The van der Waals surface area contributed by atoms with Gasteiger partial charge in [-0.3, -0.25) is 0 Å². The lowest BCUT2D eigenvalue weighted by Crippen LogP contribution is -1.93. The SMILES string of the molecule is c1cc(-c2ccc(-n3c4ccccc4c4ccccc43)cc2)cc(-c2ccc3c4ccccc4c4cc(-c5ccc(-c6cccc(-c7cccc8c7sc7c(-c9cccc(-c%10ccc%11c%12ccccc%12c%12ccccc%12c%11c%10)c9)cccc78)c6)cc5)ccc4c3c2)c1. The molecule has 92 heavy (non-hydrogen) atoms. The molecule has 0 amide bonds. The van der Waals surface area contributed by atoms with Gasteiger partial charge in [0.25, 0.3) is 0 Å². The van der Waals surface area contributed by atoms with Gasteiger partial charge in [-0.2, -0.15) is 0 Å². The first-order valence-electron chi connectivity index (χ1n) is 31.8. The number of benzene rings is 17. The minimum atomic E-state index is 1.16. The van der Waals surface area contributed by atoms with E-state index in [0.717, 1.165) is 5.69 Å². The van der Waals surface area contributed by atoms with Crippen LogP contribution in [0.25, 0.3) is 190 Å². The molecule has 0 N–H and O–H groups in total. The second-order valence-corrected chi connectivity index (χ2v) is 25.6. The minimum Gasteiger partial charge on any atom is -0.309 e. The molecule has 0 saturated heterocycles. The van der Waals surface area contributed by atoms with Crippen molar-refractivity contribution in [3.05, 3.63) is 334 Å². The highest BCUT2D eigenvalue weighted by Crippen LogP contribution is 2.47. The molecule has 1 nitrogen and oxygen atoms in total. The highest BCUT2D eigenvalue weighted by Gasteiger charge is 2.19. The Morgan fingerprint density at radius 3 is 0.837 bits per heavy atom. The van der Waals surface area contributed by atoms with E-state index in [2.05, 4.69) is 338 Å². The summed E-state index contributed by atoms with van der Waals surface area (Å²) in [4.78, 5) is 0. The summed E-state index contributed by atoms with van der Waals surface area (Å²) >= 11 is 1.91. The average Bonchev–Trinajstić information content (AvgIpc) is 0.814. The normalized spacial score (nSPS) is 11.9. The van der Waals surface area contributed by atoms with Crippen molar-refractivity contribution in [1.29, 1.82) is 0 Å². The van der Waals surface area contributed by atoms with Crippen LogP contribution in [0.2, 0.25) is 0 Å². The second-order valence-electron chi connectivity index (χ2n) is 24.6. The lowest BCUT2D eigenvalue weighted by molar-refractivity contribution is 1.18. The van der Waals surface area contributed by atoms with Crippen LogP contribution in [-0.2, 0) is 0 Å². The molecule has 0 fully saturated rings. The zero-order chi connectivity index (χ0) is 60.4. The number of rotatable bonds is 8. The molecule has 0 atom stereocenters. The van der Waals surface area contributed by atoms with Crippen LogP contribution in [0.3, 0.4) is 0 Å². The Balaban J connectivity index is 0.620. The molecule has 0 radical (unpaired) electrons. The van der Waals surface area contributed by atoms with Crippen molar-refractivity contribution in [1.82, 2.24) is 4.57 Å². The lowest BCUT2D eigenvalue weighted by atomic mass is 9.90. The molecule has 426 valence electrons. The van der Waals surface area contributed by atoms with Crippen molar-refractivity contribution >= 4 is 118 Å². The second kappa shape index (κ2) is 21.0. The third-order valence-corrected chi connectivity index (χ3v) is 20.9. The fourth-order valence-corrected chi connectivity index (χ4v) is 16.5. The van der Waals surface area contributed by atoms with Crippen LogP contribution in [0.4, 0.5) is 0 Å². The number of para-hydroxylation sites is 2. The van der Waals surface area contributed by atoms with Crippen LogP contribution in [0.15, 0.2) is 334 Å². The summed E-state index contributed by atoms with van der Waals surface area (Å²) in [5.74, 6) is 0. The molecule has 0 aliphatic carbocycles. The van der Waals surface area contributed by atoms with E-state index in [0.29, 0.717) is 0 Å². The summed E-state index contributed by atoms with van der Waals surface area (Å²) in [6, 6.07) is 124. The summed E-state index contributed by atoms with van der Waals surface area (Å²) in [5.41, 5.74) is 20.6. The molecule has 2 heterocycles. The maximum Gasteiger partial charge on any atom is 0.0541 e. The van der Waals surface area contributed by atoms with Gasteiger partial charge >= 0.3 is 0 Å². The van der Waals surface area contributed by atoms with Crippen LogP contribution in [-0.4, -0.2) is 4.57 Å². The van der Waals surface area contributed by atoms with E-state index in [-0.39, 0.29) is 0 Å². The quantitative estimate of drug-likeness (QED) is 0.134. The van der Waals surface area contributed by atoms with E-state index in [1.165, 1.54) is 185 Å². The predicted octanol–water partition coefficient (Wildman–Crippen LogP) is 25.7. The molecule has 0 spiro atoms. The van der Waals surface area contributed by atoms with E-state index in [1.54, 1.807) is 0 Å². The first-order chi connectivity index (χ1) is 45.6. The fourth-order valence-electron chi connectivity index (χ4n) is 15.1. The summed E-state index contributed by atoms with van der Waals surface area (Å²) in [5, 5.41) is 20.5. The van der Waals surface area contributed by atoms with Crippen LogP contribution >= 0.6 is 11.3 Å². The van der Waals surface area contributed by atoms with Crippen molar-refractivity contribution in [2.45, 2.75) is 0 Å². The van der Waals surface area contributed by atoms with Crippen molar-refractivity contribution in [2.24, 2.45) is 0 Å². The predicted molar refractivity (Wildman–Crippen MR) is 397 cm³/mol. The molecular formula is C90H55NS. The van der Waals surface area contributed by atoms with Gasteiger partial charge in [0.05, 0.1) is 11.0 Å². The lowest BCUT2D eigenvalue weighted by Gasteiger charge is -2.14. The van der Waals surface area contributed by atoms with E-state index in [9.17, 15) is 0 Å². The van der Waals surface area contributed by atoms with Gasteiger partial charge in [-0.05, 0) is 203 Å². The number of hydrogen-bond acceptors (Lipinski definition) is 1. The van der Waals surface area contributed by atoms with Gasteiger partial charge < -0.3 is 4.57 Å². The molecule has 0 aliphatic rings. The van der Waals surface area contributed by atoms with Gasteiger partial charge in [-0.1, -0.05) is 273 Å².